The molecule has 1 fully saturated rings. The van der Waals surface area contributed by atoms with Gasteiger partial charge in [-0.05, 0) is 31.2 Å². The van der Waals surface area contributed by atoms with Crippen molar-refractivity contribution in [2.45, 2.75) is 25.9 Å². The summed E-state index contributed by atoms with van der Waals surface area (Å²) in [5, 5.41) is 2.82. The molecular weight excluding hydrogens is 284 g/mol. The summed E-state index contributed by atoms with van der Waals surface area (Å²) in [6.07, 6.45) is 0.106. The van der Waals surface area contributed by atoms with Crippen molar-refractivity contribution in [1.29, 1.82) is 0 Å². The van der Waals surface area contributed by atoms with E-state index in [-0.39, 0.29) is 18.3 Å². The lowest BCUT2D eigenvalue weighted by Crippen LogP contribution is -3.18. The third-order valence-electron chi connectivity index (χ3n) is 3.82. The van der Waals surface area contributed by atoms with E-state index in [4.69, 9.17) is 9.47 Å². The van der Waals surface area contributed by atoms with Gasteiger partial charge in [0.25, 0.3) is 5.91 Å². The molecule has 6 heteroatoms. The molecule has 1 aromatic rings. The molecular formula is C16H23N2O4+. The second-order valence-electron chi connectivity index (χ2n) is 5.29. The zero-order valence-electron chi connectivity index (χ0n) is 13.1. The van der Waals surface area contributed by atoms with E-state index in [2.05, 4.69) is 5.32 Å². The van der Waals surface area contributed by atoms with Crippen LogP contribution in [0.5, 0.6) is 5.75 Å². The quantitative estimate of drug-likeness (QED) is 0.697. The summed E-state index contributed by atoms with van der Waals surface area (Å²) in [7, 11) is 1.34. The summed E-state index contributed by atoms with van der Waals surface area (Å²) in [4.78, 5) is 24.6. The molecule has 1 saturated heterocycles. The molecule has 0 radical (unpaired) electrons. The average molecular weight is 307 g/mol. The Morgan fingerprint density at radius 3 is 2.73 bits per heavy atom. The van der Waals surface area contributed by atoms with Crippen LogP contribution in [0.25, 0.3) is 0 Å². The van der Waals surface area contributed by atoms with Gasteiger partial charge in [0.1, 0.15) is 18.7 Å². The third kappa shape index (κ3) is 4.21. The van der Waals surface area contributed by atoms with Crippen molar-refractivity contribution in [3.63, 3.8) is 0 Å². The maximum atomic E-state index is 12.0. The molecule has 0 saturated carbocycles. The molecule has 2 rings (SSSR count). The molecule has 120 valence electrons. The van der Waals surface area contributed by atoms with E-state index in [1.165, 1.54) is 7.11 Å². The largest absolute Gasteiger partial charge is 0.494 e. The van der Waals surface area contributed by atoms with Crippen LogP contribution in [0.1, 0.15) is 18.9 Å². The number of hydrogen-bond acceptors (Lipinski definition) is 4. The van der Waals surface area contributed by atoms with Crippen molar-refractivity contribution in [3.8, 4) is 5.75 Å². The smallest absolute Gasteiger partial charge is 0.312 e. The number of methoxy groups -OCH3 is 1. The van der Waals surface area contributed by atoms with Crippen molar-refractivity contribution in [1.82, 2.24) is 5.32 Å². The molecule has 6 nitrogen and oxygen atoms in total. The van der Waals surface area contributed by atoms with Crippen LogP contribution in [0.15, 0.2) is 24.3 Å². The van der Waals surface area contributed by atoms with Gasteiger partial charge in [-0.2, -0.15) is 0 Å². The van der Waals surface area contributed by atoms with Gasteiger partial charge in [0.2, 0.25) is 0 Å². The summed E-state index contributed by atoms with van der Waals surface area (Å²) in [5.41, 5.74) is 1.11. The number of hydrogen-bond donors (Lipinski definition) is 2. The minimum Gasteiger partial charge on any atom is -0.494 e. The standard InChI is InChI=1S/C16H22N2O4/c1-3-22-13-6-4-12(5-7-13)11-18-9-8-17-16(20)14(18)10-15(19)21-2/h4-7,14H,3,8-11H2,1-2H3,(H,17,20)/p+1/t14-/m0/s1. The number of piperazine rings is 1. The van der Waals surface area contributed by atoms with Gasteiger partial charge >= 0.3 is 5.97 Å². The topological polar surface area (TPSA) is 69.1 Å². The van der Waals surface area contributed by atoms with E-state index in [1.54, 1.807) is 0 Å². The van der Waals surface area contributed by atoms with Crippen molar-refractivity contribution in [2.24, 2.45) is 0 Å². The molecule has 0 aromatic heterocycles. The number of nitrogens with one attached hydrogen (secondary N) is 2. The summed E-state index contributed by atoms with van der Waals surface area (Å²) < 4.78 is 10.1. The Morgan fingerprint density at radius 1 is 1.36 bits per heavy atom. The molecule has 0 bridgehead atoms. The van der Waals surface area contributed by atoms with Gasteiger partial charge in [-0.3, -0.25) is 9.59 Å². The zero-order valence-corrected chi connectivity index (χ0v) is 13.1. The molecule has 2 N–H and O–H groups in total. The van der Waals surface area contributed by atoms with Gasteiger partial charge in [0.15, 0.2) is 6.04 Å². The number of quaternary nitrogens is 1. The fraction of sp³-hybridized carbons (Fsp3) is 0.500. The predicted octanol–water partition coefficient (Wildman–Crippen LogP) is -0.468. The van der Waals surface area contributed by atoms with Crippen LogP contribution < -0.4 is 15.0 Å². The van der Waals surface area contributed by atoms with Crippen LogP contribution in [0.3, 0.4) is 0 Å². The number of esters is 1. The van der Waals surface area contributed by atoms with E-state index in [9.17, 15) is 9.59 Å². The number of rotatable bonds is 6. The number of amides is 1. The molecule has 1 aromatic carbocycles. The summed E-state index contributed by atoms with van der Waals surface area (Å²) >= 11 is 0. The Bertz CT molecular complexity index is 515. The SMILES string of the molecule is CCOc1ccc(C[NH+]2CCNC(=O)[C@@H]2CC(=O)OC)cc1. The van der Waals surface area contributed by atoms with E-state index < -0.39 is 6.04 Å². The Kier molecular flexibility index (Phi) is 5.77. The second-order valence-corrected chi connectivity index (χ2v) is 5.29. The van der Waals surface area contributed by atoms with Gasteiger partial charge in [-0.15, -0.1) is 0 Å². The Morgan fingerprint density at radius 2 is 2.09 bits per heavy atom. The van der Waals surface area contributed by atoms with E-state index >= 15 is 0 Å². The van der Waals surface area contributed by atoms with Crippen LogP contribution in [-0.4, -0.2) is 44.7 Å². The monoisotopic (exact) mass is 307 g/mol. The highest BCUT2D eigenvalue weighted by atomic mass is 16.5. The molecule has 1 aliphatic heterocycles. The highest BCUT2D eigenvalue weighted by Crippen LogP contribution is 2.11. The Labute approximate surface area is 130 Å². The minimum atomic E-state index is -0.396. The van der Waals surface area contributed by atoms with Crippen molar-refractivity contribution < 1.29 is 24.0 Å². The first-order valence-corrected chi connectivity index (χ1v) is 7.55. The maximum Gasteiger partial charge on any atom is 0.312 e. The van der Waals surface area contributed by atoms with Crippen molar-refractivity contribution in [2.75, 3.05) is 26.8 Å². The Balaban J connectivity index is 2.04. The van der Waals surface area contributed by atoms with E-state index in [0.717, 1.165) is 22.8 Å². The van der Waals surface area contributed by atoms with Crippen LogP contribution in [0, 0.1) is 0 Å². The molecule has 2 atom stereocenters. The first kappa shape index (κ1) is 16.3. The molecule has 1 amide bonds. The normalized spacial score (nSPS) is 21.1. The fourth-order valence-electron chi connectivity index (χ4n) is 2.66. The summed E-state index contributed by atoms with van der Waals surface area (Å²) in [6, 6.07) is 7.46. The fourth-order valence-corrected chi connectivity index (χ4v) is 2.66. The van der Waals surface area contributed by atoms with Gasteiger partial charge in [0, 0.05) is 5.56 Å². The lowest BCUT2D eigenvalue weighted by molar-refractivity contribution is -0.930. The summed E-state index contributed by atoms with van der Waals surface area (Å²) in [5.74, 6) is 0.396. The number of ether oxygens (including phenoxy) is 2. The number of benzene rings is 1. The van der Waals surface area contributed by atoms with Crippen LogP contribution in [-0.2, 0) is 20.9 Å². The lowest BCUT2D eigenvalue weighted by Gasteiger charge is -2.31. The lowest BCUT2D eigenvalue weighted by atomic mass is 10.1. The molecule has 1 aliphatic rings. The maximum absolute atomic E-state index is 12.0. The predicted molar refractivity (Wildman–Crippen MR) is 80.6 cm³/mol. The van der Waals surface area contributed by atoms with Crippen molar-refractivity contribution in [3.05, 3.63) is 29.8 Å². The Hall–Kier alpha value is -2.08. The van der Waals surface area contributed by atoms with E-state index in [1.807, 2.05) is 31.2 Å². The van der Waals surface area contributed by atoms with Gasteiger partial charge in [-0.25, -0.2) is 0 Å². The molecule has 1 unspecified atom stereocenters. The van der Waals surface area contributed by atoms with Gasteiger partial charge < -0.3 is 19.7 Å². The van der Waals surface area contributed by atoms with Crippen molar-refractivity contribution >= 4 is 11.9 Å². The third-order valence-corrected chi connectivity index (χ3v) is 3.82. The molecule has 1 heterocycles. The number of carbonyl (C=O) groups is 2. The minimum absolute atomic E-state index is 0.0856. The molecule has 0 aliphatic carbocycles. The van der Waals surface area contributed by atoms with E-state index in [0.29, 0.717) is 19.7 Å². The van der Waals surface area contributed by atoms with Gasteiger partial charge in [0.05, 0.1) is 26.8 Å². The molecule has 22 heavy (non-hydrogen) atoms. The highest BCUT2D eigenvalue weighted by Gasteiger charge is 2.35. The van der Waals surface area contributed by atoms with Crippen LogP contribution in [0.2, 0.25) is 0 Å². The van der Waals surface area contributed by atoms with Crippen LogP contribution in [0.4, 0.5) is 0 Å². The van der Waals surface area contributed by atoms with Crippen LogP contribution >= 0.6 is 0 Å². The number of carbonyl (C=O) groups excluding carboxylic acids is 2. The highest BCUT2D eigenvalue weighted by molar-refractivity contribution is 5.85. The summed E-state index contributed by atoms with van der Waals surface area (Å²) in [6.45, 7) is 4.70. The first-order chi connectivity index (χ1) is 10.6. The average Bonchev–Trinajstić information content (AvgIpc) is 2.52. The zero-order chi connectivity index (χ0) is 15.9. The molecule has 0 spiro atoms. The first-order valence-electron chi connectivity index (χ1n) is 7.55. The van der Waals surface area contributed by atoms with Gasteiger partial charge in [-0.1, -0.05) is 0 Å². The second kappa shape index (κ2) is 7.79.